The second-order valence-corrected chi connectivity index (χ2v) is 3.68. The molecule has 16 heavy (non-hydrogen) atoms. The number of hydrogen-bond acceptors (Lipinski definition) is 4. The van der Waals surface area contributed by atoms with Crippen LogP contribution in [0.15, 0.2) is 0 Å². The summed E-state index contributed by atoms with van der Waals surface area (Å²) in [6.45, 7) is 3.97. The third kappa shape index (κ3) is 3.90. The van der Waals surface area contributed by atoms with Crippen LogP contribution in [0, 0.1) is 28.1 Å². The van der Waals surface area contributed by atoms with E-state index in [4.69, 9.17) is 15.3 Å². The van der Waals surface area contributed by atoms with Crippen LogP contribution in [0.2, 0.25) is 0 Å². The normalized spacial score (nSPS) is 13.2. The Hall–Kier alpha value is -1.55. The van der Waals surface area contributed by atoms with Crippen LogP contribution in [0.25, 0.3) is 0 Å². The highest BCUT2D eigenvalue weighted by atomic mass is 16.5. The Labute approximate surface area is 96.8 Å². The molecular formula is C12H18N2O2. The van der Waals surface area contributed by atoms with Crippen LogP contribution >= 0.6 is 0 Å². The van der Waals surface area contributed by atoms with Crippen molar-refractivity contribution in [2.75, 3.05) is 6.61 Å². The van der Waals surface area contributed by atoms with Crippen LogP contribution in [-0.4, -0.2) is 12.6 Å². The minimum absolute atomic E-state index is 0.204. The molecule has 1 atom stereocenters. The molecule has 0 aliphatic rings. The maximum absolute atomic E-state index is 11.8. The first-order valence-electron chi connectivity index (χ1n) is 5.62. The van der Waals surface area contributed by atoms with Crippen molar-refractivity contribution in [3.8, 4) is 12.1 Å². The molecule has 0 N–H and O–H groups in total. The Morgan fingerprint density at radius 3 is 2.44 bits per heavy atom. The highest BCUT2D eigenvalue weighted by Crippen LogP contribution is 2.31. The molecule has 1 unspecified atom stereocenters. The SMILES string of the molecule is CCCCC(C#N)(CCC#N)C(=O)OCC. The van der Waals surface area contributed by atoms with Crippen molar-refractivity contribution in [1.82, 2.24) is 0 Å². The van der Waals surface area contributed by atoms with Crippen molar-refractivity contribution in [3.63, 3.8) is 0 Å². The van der Waals surface area contributed by atoms with Crippen LogP contribution in [0.3, 0.4) is 0 Å². The van der Waals surface area contributed by atoms with Gasteiger partial charge in [0.2, 0.25) is 0 Å². The van der Waals surface area contributed by atoms with Gasteiger partial charge in [-0.3, -0.25) is 4.79 Å². The third-order valence-electron chi connectivity index (χ3n) is 2.50. The number of ether oxygens (including phenoxy) is 1. The number of nitriles is 2. The van der Waals surface area contributed by atoms with E-state index in [1.807, 2.05) is 19.1 Å². The summed E-state index contributed by atoms with van der Waals surface area (Å²) in [4.78, 5) is 11.8. The van der Waals surface area contributed by atoms with Crippen LogP contribution in [-0.2, 0) is 9.53 Å². The van der Waals surface area contributed by atoms with Crippen molar-refractivity contribution < 1.29 is 9.53 Å². The molecule has 0 amide bonds. The molecule has 0 spiro atoms. The lowest BCUT2D eigenvalue weighted by Gasteiger charge is -2.22. The van der Waals surface area contributed by atoms with Gasteiger partial charge in [-0.25, -0.2) is 0 Å². The molecular weight excluding hydrogens is 204 g/mol. The van der Waals surface area contributed by atoms with E-state index in [-0.39, 0.29) is 19.4 Å². The molecule has 0 saturated heterocycles. The summed E-state index contributed by atoms with van der Waals surface area (Å²) in [7, 11) is 0. The highest BCUT2D eigenvalue weighted by molar-refractivity contribution is 5.80. The predicted molar refractivity (Wildman–Crippen MR) is 59.1 cm³/mol. The van der Waals surface area contributed by atoms with Crippen molar-refractivity contribution in [1.29, 1.82) is 10.5 Å². The molecule has 88 valence electrons. The van der Waals surface area contributed by atoms with Gasteiger partial charge in [0.1, 0.15) is 0 Å². The monoisotopic (exact) mass is 222 g/mol. The molecule has 0 aliphatic heterocycles. The molecule has 0 radical (unpaired) electrons. The second-order valence-electron chi connectivity index (χ2n) is 3.68. The molecule has 4 heteroatoms. The van der Waals surface area contributed by atoms with Gasteiger partial charge >= 0.3 is 5.97 Å². The van der Waals surface area contributed by atoms with Gasteiger partial charge in [-0.1, -0.05) is 19.8 Å². The maximum Gasteiger partial charge on any atom is 0.326 e. The van der Waals surface area contributed by atoms with Crippen LogP contribution < -0.4 is 0 Å². The average Bonchev–Trinajstić information content (AvgIpc) is 2.30. The molecule has 4 nitrogen and oxygen atoms in total. The van der Waals surface area contributed by atoms with E-state index in [1.54, 1.807) is 6.92 Å². The van der Waals surface area contributed by atoms with Crippen molar-refractivity contribution in [2.45, 2.75) is 46.0 Å². The highest BCUT2D eigenvalue weighted by Gasteiger charge is 2.39. The molecule has 0 rings (SSSR count). The van der Waals surface area contributed by atoms with Crippen LogP contribution in [0.5, 0.6) is 0 Å². The third-order valence-corrected chi connectivity index (χ3v) is 2.50. The summed E-state index contributed by atoms with van der Waals surface area (Å²) in [5.74, 6) is -0.485. The summed E-state index contributed by atoms with van der Waals surface area (Å²) in [5, 5.41) is 17.7. The number of esters is 1. The summed E-state index contributed by atoms with van der Waals surface area (Å²) in [6.07, 6.45) is 2.64. The Morgan fingerprint density at radius 2 is 2.00 bits per heavy atom. The van der Waals surface area contributed by atoms with E-state index in [0.717, 1.165) is 12.8 Å². The van der Waals surface area contributed by atoms with Gasteiger partial charge in [-0.2, -0.15) is 10.5 Å². The van der Waals surface area contributed by atoms with Gasteiger partial charge in [0.25, 0.3) is 0 Å². The first-order chi connectivity index (χ1) is 7.66. The minimum Gasteiger partial charge on any atom is -0.465 e. The van der Waals surface area contributed by atoms with Crippen molar-refractivity contribution in [3.05, 3.63) is 0 Å². The zero-order valence-corrected chi connectivity index (χ0v) is 9.95. The minimum atomic E-state index is -1.12. The van der Waals surface area contributed by atoms with E-state index < -0.39 is 11.4 Å². The fourth-order valence-electron chi connectivity index (χ4n) is 1.50. The standard InChI is InChI=1S/C12H18N2O2/c1-3-5-7-12(10-14,8-6-9-13)11(15)16-4-2/h3-8H2,1-2H3. The van der Waals surface area contributed by atoms with E-state index in [2.05, 4.69) is 0 Å². The lowest BCUT2D eigenvalue weighted by molar-refractivity contribution is -0.152. The fraction of sp³-hybridized carbons (Fsp3) is 0.750. The zero-order valence-electron chi connectivity index (χ0n) is 9.95. The van der Waals surface area contributed by atoms with Gasteiger partial charge in [0, 0.05) is 6.42 Å². The summed E-state index contributed by atoms with van der Waals surface area (Å²) >= 11 is 0. The molecule has 0 aromatic carbocycles. The van der Waals surface area contributed by atoms with E-state index >= 15 is 0 Å². The lowest BCUT2D eigenvalue weighted by atomic mass is 9.80. The molecule has 0 heterocycles. The number of hydrogen-bond donors (Lipinski definition) is 0. The molecule has 0 aromatic heterocycles. The molecule has 0 bridgehead atoms. The Balaban J connectivity index is 4.75. The number of unbranched alkanes of at least 4 members (excludes halogenated alkanes) is 1. The summed E-state index contributed by atoms with van der Waals surface area (Å²) < 4.78 is 4.92. The lowest BCUT2D eigenvalue weighted by Crippen LogP contribution is -2.31. The number of carbonyl (C=O) groups is 1. The van der Waals surface area contributed by atoms with Crippen molar-refractivity contribution in [2.24, 2.45) is 5.41 Å². The fourth-order valence-corrected chi connectivity index (χ4v) is 1.50. The Morgan fingerprint density at radius 1 is 1.31 bits per heavy atom. The predicted octanol–water partition coefficient (Wildman–Crippen LogP) is 2.55. The summed E-state index contributed by atoms with van der Waals surface area (Å²) in [5.41, 5.74) is -1.12. The van der Waals surface area contributed by atoms with Gasteiger partial charge in [0.05, 0.1) is 18.7 Å². The summed E-state index contributed by atoms with van der Waals surface area (Å²) in [6, 6.07) is 4.02. The second kappa shape index (κ2) is 7.70. The molecule has 0 aliphatic carbocycles. The first-order valence-corrected chi connectivity index (χ1v) is 5.62. The zero-order chi connectivity index (χ0) is 12.4. The van der Waals surface area contributed by atoms with Crippen LogP contribution in [0.4, 0.5) is 0 Å². The maximum atomic E-state index is 11.8. The molecule has 0 fully saturated rings. The Kier molecular flexibility index (Phi) is 6.96. The van der Waals surface area contributed by atoms with Gasteiger partial charge in [-0.05, 0) is 19.8 Å². The average molecular weight is 222 g/mol. The first kappa shape index (κ1) is 14.5. The molecule has 0 aromatic rings. The van der Waals surface area contributed by atoms with E-state index in [9.17, 15) is 4.79 Å². The topological polar surface area (TPSA) is 73.9 Å². The number of nitrogens with zero attached hydrogens (tertiary/aromatic N) is 2. The van der Waals surface area contributed by atoms with Gasteiger partial charge in [0.15, 0.2) is 5.41 Å². The smallest absolute Gasteiger partial charge is 0.326 e. The molecule has 0 saturated carbocycles. The number of rotatable bonds is 7. The van der Waals surface area contributed by atoms with E-state index in [0.29, 0.717) is 6.42 Å². The largest absolute Gasteiger partial charge is 0.465 e. The Bertz CT molecular complexity index is 301. The quantitative estimate of drug-likeness (QED) is 0.620. The van der Waals surface area contributed by atoms with Gasteiger partial charge < -0.3 is 4.74 Å². The van der Waals surface area contributed by atoms with Gasteiger partial charge in [-0.15, -0.1) is 0 Å². The number of carbonyl (C=O) groups excluding carboxylic acids is 1. The van der Waals surface area contributed by atoms with Crippen molar-refractivity contribution >= 4 is 5.97 Å². The van der Waals surface area contributed by atoms with Crippen LogP contribution in [0.1, 0.15) is 46.0 Å². The van der Waals surface area contributed by atoms with E-state index in [1.165, 1.54) is 0 Å².